The summed E-state index contributed by atoms with van der Waals surface area (Å²) in [5, 5.41) is 4.40. The van der Waals surface area contributed by atoms with Crippen LogP contribution in [-0.2, 0) is 10.2 Å². The number of carbonyl (C=O) groups excluding carboxylic acids is 1. The molecule has 0 aliphatic heterocycles. The van der Waals surface area contributed by atoms with Crippen molar-refractivity contribution in [2.45, 2.75) is 31.2 Å². The van der Waals surface area contributed by atoms with E-state index in [2.05, 4.69) is 36.1 Å². The Labute approximate surface area is 156 Å². The van der Waals surface area contributed by atoms with Crippen LogP contribution >= 0.6 is 11.8 Å². The Hall–Kier alpha value is -2.47. The Kier molecular flexibility index (Phi) is 5.23. The number of benzene rings is 2. The molecule has 2 aromatic carbocycles. The van der Waals surface area contributed by atoms with Crippen molar-refractivity contribution in [3.63, 3.8) is 0 Å². The van der Waals surface area contributed by atoms with Crippen LogP contribution < -0.4 is 5.32 Å². The molecular weight excluding hydrogens is 349 g/mol. The van der Waals surface area contributed by atoms with Gasteiger partial charge in [-0.3, -0.25) is 4.79 Å². The van der Waals surface area contributed by atoms with Crippen LogP contribution in [0.5, 0.6) is 0 Å². The molecule has 1 amide bonds. The fraction of sp³-hybridized carbons (Fsp3) is 0.250. The number of nitrogens with one attached hydrogen (secondary N) is 1. The monoisotopic (exact) mass is 369 g/mol. The van der Waals surface area contributed by atoms with Crippen molar-refractivity contribution in [1.82, 2.24) is 9.97 Å². The average molecular weight is 369 g/mol. The fourth-order valence-electron chi connectivity index (χ4n) is 2.39. The van der Waals surface area contributed by atoms with Crippen molar-refractivity contribution in [2.24, 2.45) is 0 Å². The third-order valence-corrected chi connectivity index (χ3v) is 4.68. The van der Waals surface area contributed by atoms with E-state index in [4.69, 9.17) is 0 Å². The van der Waals surface area contributed by atoms with Gasteiger partial charge in [-0.05, 0) is 24.3 Å². The van der Waals surface area contributed by atoms with E-state index in [1.807, 2.05) is 24.3 Å². The Bertz CT molecular complexity index is 953. The molecule has 0 radical (unpaired) electrons. The van der Waals surface area contributed by atoms with Crippen molar-refractivity contribution in [3.8, 4) is 0 Å². The molecule has 0 fully saturated rings. The number of fused-ring (bicyclic) bond motifs is 1. The lowest BCUT2D eigenvalue weighted by molar-refractivity contribution is -0.113. The first-order chi connectivity index (χ1) is 12.3. The molecule has 1 heterocycles. The molecule has 0 aliphatic carbocycles. The molecule has 134 valence electrons. The second-order valence-electron chi connectivity index (χ2n) is 6.97. The molecule has 0 aliphatic rings. The smallest absolute Gasteiger partial charge is 0.234 e. The molecule has 26 heavy (non-hydrogen) atoms. The number of rotatable bonds is 4. The van der Waals surface area contributed by atoms with Gasteiger partial charge in [0.15, 0.2) is 0 Å². The van der Waals surface area contributed by atoms with Crippen LogP contribution in [0.1, 0.15) is 26.6 Å². The Morgan fingerprint density at radius 3 is 2.62 bits per heavy atom. The van der Waals surface area contributed by atoms with E-state index >= 15 is 0 Å². The standard InChI is InChI=1S/C20H20FN3OS/c1-20(2,3)19-23-16-10-5-4-9-15(16)18(24-19)26-12-17(25)22-14-8-6-7-13(21)11-14/h4-11H,12H2,1-3H3,(H,22,25). The van der Waals surface area contributed by atoms with E-state index in [9.17, 15) is 9.18 Å². The molecule has 0 unspecified atom stereocenters. The fourth-order valence-corrected chi connectivity index (χ4v) is 3.21. The van der Waals surface area contributed by atoms with Crippen LogP contribution in [0.4, 0.5) is 10.1 Å². The quantitative estimate of drug-likeness (QED) is 0.530. The predicted molar refractivity (Wildman–Crippen MR) is 104 cm³/mol. The normalized spacial score (nSPS) is 11.5. The number of aromatic nitrogens is 2. The molecule has 3 rings (SSSR count). The lowest BCUT2D eigenvalue weighted by Crippen LogP contribution is -2.17. The summed E-state index contributed by atoms with van der Waals surface area (Å²) in [6.45, 7) is 6.17. The molecule has 0 atom stereocenters. The first-order valence-corrected chi connectivity index (χ1v) is 9.27. The molecule has 1 N–H and O–H groups in total. The number of anilines is 1. The SMILES string of the molecule is CC(C)(C)c1nc(SCC(=O)Nc2cccc(F)c2)c2ccccc2n1. The van der Waals surface area contributed by atoms with Gasteiger partial charge in [0.2, 0.25) is 5.91 Å². The van der Waals surface area contributed by atoms with Crippen LogP contribution in [0, 0.1) is 5.82 Å². The van der Waals surface area contributed by atoms with Gasteiger partial charge in [0.25, 0.3) is 0 Å². The van der Waals surface area contributed by atoms with Gasteiger partial charge in [0.05, 0.1) is 11.3 Å². The van der Waals surface area contributed by atoms with Gasteiger partial charge in [0, 0.05) is 16.5 Å². The highest BCUT2D eigenvalue weighted by atomic mass is 32.2. The number of hydrogen-bond donors (Lipinski definition) is 1. The summed E-state index contributed by atoms with van der Waals surface area (Å²) in [6, 6.07) is 13.6. The van der Waals surface area contributed by atoms with Crippen molar-refractivity contribution in [1.29, 1.82) is 0 Å². The van der Waals surface area contributed by atoms with Gasteiger partial charge in [-0.2, -0.15) is 0 Å². The highest BCUT2D eigenvalue weighted by Crippen LogP contribution is 2.29. The van der Waals surface area contributed by atoms with Gasteiger partial charge in [-0.15, -0.1) is 0 Å². The number of amides is 1. The number of hydrogen-bond acceptors (Lipinski definition) is 4. The maximum Gasteiger partial charge on any atom is 0.234 e. The van der Waals surface area contributed by atoms with Crippen molar-refractivity contribution in [3.05, 3.63) is 60.2 Å². The summed E-state index contributed by atoms with van der Waals surface area (Å²) in [6.07, 6.45) is 0. The zero-order valence-electron chi connectivity index (χ0n) is 14.9. The summed E-state index contributed by atoms with van der Waals surface area (Å²) >= 11 is 1.35. The van der Waals surface area contributed by atoms with Crippen LogP contribution in [0.3, 0.4) is 0 Å². The number of para-hydroxylation sites is 1. The molecule has 6 heteroatoms. The second kappa shape index (κ2) is 7.41. The molecule has 4 nitrogen and oxygen atoms in total. The maximum atomic E-state index is 13.2. The van der Waals surface area contributed by atoms with E-state index in [0.717, 1.165) is 21.8 Å². The first kappa shape index (κ1) is 18.3. The van der Waals surface area contributed by atoms with E-state index in [-0.39, 0.29) is 22.9 Å². The molecule has 0 saturated heterocycles. The van der Waals surface area contributed by atoms with E-state index < -0.39 is 0 Å². The van der Waals surface area contributed by atoms with Crippen molar-refractivity contribution < 1.29 is 9.18 Å². The lowest BCUT2D eigenvalue weighted by atomic mass is 9.95. The average Bonchev–Trinajstić information content (AvgIpc) is 2.58. The zero-order valence-corrected chi connectivity index (χ0v) is 15.7. The molecule has 1 aromatic heterocycles. The van der Waals surface area contributed by atoms with Crippen LogP contribution in [-0.4, -0.2) is 21.6 Å². The van der Waals surface area contributed by atoms with E-state index in [1.54, 1.807) is 12.1 Å². The molecule has 3 aromatic rings. The summed E-state index contributed by atoms with van der Waals surface area (Å²) < 4.78 is 13.2. The van der Waals surface area contributed by atoms with Crippen molar-refractivity contribution >= 4 is 34.3 Å². The van der Waals surface area contributed by atoms with Crippen LogP contribution in [0.2, 0.25) is 0 Å². The van der Waals surface area contributed by atoms with E-state index in [1.165, 1.54) is 23.9 Å². The topological polar surface area (TPSA) is 54.9 Å². The zero-order chi connectivity index (χ0) is 18.7. The summed E-state index contributed by atoms with van der Waals surface area (Å²) in [7, 11) is 0. The molecular formula is C20H20FN3OS. The van der Waals surface area contributed by atoms with Gasteiger partial charge in [-0.25, -0.2) is 14.4 Å². The van der Waals surface area contributed by atoms with Crippen LogP contribution in [0.25, 0.3) is 10.9 Å². The minimum absolute atomic E-state index is 0.182. The van der Waals surface area contributed by atoms with Gasteiger partial charge < -0.3 is 5.32 Å². The third kappa shape index (κ3) is 4.38. The lowest BCUT2D eigenvalue weighted by Gasteiger charge is -2.18. The van der Waals surface area contributed by atoms with E-state index in [0.29, 0.717) is 5.69 Å². The Morgan fingerprint density at radius 1 is 1.12 bits per heavy atom. The second-order valence-corrected chi connectivity index (χ2v) is 7.93. The maximum absolute atomic E-state index is 13.2. The summed E-state index contributed by atoms with van der Waals surface area (Å²) in [4.78, 5) is 21.5. The highest BCUT2D eigenvalue weighted by Gasteiger charge is 2.20. The Balaban J connectivity index is 1.80. The van der Waals surface area contributed by atoms with Gasteiger partial charge >= 0.3 is 0 Å². The molecule has 0 saturated carbocycles. The van der Waals surface area contributed by atoms with Gasteiger partial charge in [-0.1, -0.05) is 56.8 Å². The summed E-state index contributed by atoms with van der Waals surface area (Å²) in [5.41, 5.74) is 1.11. The molecule has 0 spiro atoms. The largest absolute Gasteiger partial charge is 0.325 e. The van der Waals surface area contributed by atoms with Gasteiger partial charge in [0.1, 0.15) is 16.7 Å². The summed E-state index contributed by atoms with van der Waals surface area (Å²) in [5.74, 6) is 0.332. The highest BCUT2D eigenvalue weighted by molar-refractivity contribution is 8.00. The minimum Gasteiger partial charge on any atom is -0.325 e. The number of carbonyl (C=O) groups is 1. The van der Waals surface area contributed by atoms with Crippen molar-refractivity contribution in [2.75, 3.05) is 11.1 Å². The minimum atomic E-state index is -0.382. The number of thioether (sulfide) groups is 1. The Morgan fingerprint density at radius 2 is 1.88 bits per heavy atom. The predicted octanol–water partition coefficient (Wildman–Crippen LogP) is 4.80. The third-order valence-electron chi connectivity index (χ3n) is 3.69. The van der Waals surface area contributed by atoms with Crippen LogP contribution in [0.15, 0.2) is 53.6 Å². The first-order valence-electron chi connectivity index (χ1n) is 8.28. The molecule has 0 bridgehead atoms. The number of halogens is 1. The number of nitrogens with zero attached hydrogens (tertiary/aromatic N) is 2.